The number of anilines is 1. The molecule has 1 saturated heterocycles. The van der Waals surface area contributed by atoms with Crippen molar-refractivity contribution in [2.45, 2.75) is 51.7 Å². The summed E-state index contributed by atoms with van der Waals surface area (Å²) in [6.07, 6.45) is 2.86. The maximum atomic E-state index is 10.0. The average Bonchev–Trinajstić information content (AvgIpc) is 2.45. The van der Waals surface area contributed by atoms with Crippen LogP contribution in [0.25, 0.3) is 0 Å². The first-order valence-electron chi connectivity index (χ1n) is 7.82. The molecule has 20 heavy (non-hydrogen) atoms. The van der Waals surface area contributed by atoms with Crippen molar-refractivity contribution < 1.29 is 5.11 Å². The van der Waals surface area contributed by atoms with Crippen LogP contribution in [0.2, 0.25) is 0 Å². The summed E-state index contributed by atoms with van der Waals surface area (Å²) in [6, 6.07) is 9.26. The van der Waals surface area contributed by atoms with Gasteiger partial charge in [-0.3, -0.25) is 0 Å². The number of aliphatic hydroxyl groups is 1. The molecule has 0 aliphatic carbocycles. The summed E-state index contributed by atoms with van der Waals surface area (Å²) in [6.45, 7) is 9.28. The van der Waals surface area contributed by atoms with Crippen LogP contribution in [0.4, 0.5) is 5.69 Å². The molecule has 1 heterocycles. The summed E-state index contributed by atoms with van der Waals surface area (Å²) in [5.41, 5.74) is 2.13. The Hall–Kier alpha value is -1.06. The minimum absolute atomic E-state index is 0.408. The Morgan fingerprint density at radius 2 is 1.85 bits per heavy atom. The number of hydrogen-bond acceptors (Lipinski definition) is 3. The smallest absolute Gasteiger partial charge is 0.0653 e. The highest BCUT2D eigenvalue weighted by molar-refractivity contribution is 5.48. The normalized spacial score (nSPS) is 19.9. The molecule has 1 fully saturated rings. The van der Waals surface area contributed by atoms with E-state index in [0.29, 0.717) is 6.04 Å². The molecule has 0 amide bonds. The second-order valence-corrected chi connectivity index (χ2v) is 6.25. The lowest BCUT2D eigenvalue weighted by molar-refractivity contribution is 0.0351. The SMILES string of the molecule is CCCNC(C)c1ccc(N2CCC(C)(O)CC2)cc1. The zero-order chi connectivity index (χ0) is 14.6. The molecule has 3 nitrogen and oxygen atoms in total. The average molecular weight is 276 g/mol. The molecule has 2 rings (SSSR count). The maximum Gasteiger partial charge on any atom is 0.0653 e. The van der Waals surface area contributed by atoms with Crippen LogP contribution in [0.1, 0.15) is 51.6 Å². The van der Waals surface area contributed by atoms with E-state index in [0.717, 1.165) is 38.9 Å². The van der Waals surface area contributed by atoms with E-state index in [9.17, 15) is 5.11 Å². The van der Waals surface area contributed by atoms with Crippen molar-refractivity contribution in [2.24, 2.45) is 0 Å². The van der Waals surface area contributed by atoms with Gasteiger partial charge in [-0.1, -0.05) is 19.1 Å². The van der Waals surface area contributed by atoms with Crippen LogP contribution >= 0.6 is 0 Å². The molecule has 0 saturated carbocycles. The third-order valence-corrected chi connectivity index (χ3v) is 4.30. The minimum Gasteiger partial charge on any atom is -0.390 e. The van der Waals surface area contributed by atoms with Crippen molar-refractivity contribution in [1.82, 2.24) is 5.32 Å². The summed E-state index contributed by atoms with van der Waals surface area (Å²) in [4.78, 5) is 2.37. The first-order valence-corrected chi connectivity index (χ1v) is 7.82. The fourth-order valence-corrected chi connectivity index (χ4v) is 2.70. The zero-order valence-electron chi connectivity index (χ0n) is 13.0. The van der Waals surface area contributed by atoms with E-state index >= 15 is 0 Å². The van der Waals surface area contributed by atoms with Crippen LogP contribution in [0.3, 0.4) is 0 Å². The van der Waals surface area contributed by atoms with Gasteiger partial charge in [-0.2, -0.15) is 0 Å². The summed E-state index contributed by atoms with van der Waals surface area (Å²) < 4.78 is 0. The molecule has 3 heteroatoms. The van der Waals surface area contributed by atoms with Gasteiger partial charge in [-0.15, -0.1) is 0 Å². The molecular formula is C17H28N2O. The van der Waals surface area contributed by atoms with Crippen LogP contribution in [0, 0.1) is 0 Å². The quantitative estimate of drug-likeness (QED) is 0.867. The van der Waals surface area contributed by atoms with Gasteiger partial charge in [-0.25, -0.2) is 0 Å². The Morgan fingerprint density at radius 3 is 2.40 bits per heavy atom. The van der Waals surface area contributed by atoms with Crippen molar-refractivity contribution >= 4 is 5.69 Å². The molecule has 1 aliphatic rings. The largest absolute Gasteiger partial charge is 0.390 e. The van der Waals surface area contributed by atoms with Crippen LogP contribution in [-0.2, 0) is 0 Å². The van der Waals surface area contributed by atoms with Gasteiger partial charge in [0.1, 0.15) is 0 Å². The van der Waals surface area contributed by atoms with Crippen LogP contribution < -0.4 is 10.2 Å². The van der Waals surface area contributed by atoms with Crippen molar-refractivity contribution in [3.63, 3.8) is 0 Å². The van der Waals surface area contributed by atoms with E-state index in [4.69, 9.17) is 0 Å². The van der Waals surface area contributed by atoms with Gasteiger partial charge >= 0.3 is 0 Å². The van der Waals surface area contributed by atoms with Crippen LogP contribution in [0.15, 0.2) is 24.3 Å². The summed E-state index contributed by atoms with van der Waals surface area (Å²) in [5, 5.41) is 13.5. The van der Waals surface area contributed by atoms with E-state index < -0.39 is 5.60 Å². The fourth-order valence-electron chi connectivity index (χ4n) is 2.70. The molecule has 1 aromatic rings. The standard InChI is InChI=1S/C17H28N2O/c1-4-11-18-14(2)15-5-7-16(8-6-15)19-12-9-17(3,20)10-13-19/h5-8,14,18,20H,4,9-13H2,1-3H3. The Morgan fingerprint density at radius 1 is 1.25 bits per heavy atom. The molecule has 2 N–H and O–H groups in total. The third-order valence-electron chi connectivity index (χ3n) is 4.30. The molecule has 112 valence electrons. The maximum absolute atomic E-state index is 10.0. The number of rotatable bonds is 5. The second-order valence-electron chi connectivity index (χ2n) is 6.25. The van der Waals surface area contributed by atoms with Gasteiger partial charge in [0.25, 0.3) is 0 Å². The lowest BCUT2D eigenvalue weighted by atomic mass is 9.93. The van der Waals surface area contributed by atoms with Crippen LogP contribution in [0.5, 0.6) is 0 Å². The van der Waals surface area contributed by atoms with E-state index in [-0.39, 0.29) is 0 Å². The highest BCUT2D eigenvalue weighted by atomic mass is 16.3. The van der Waals surface area contributed by atoms with Gasteiger partial charge in [0.05, 0.1) is 5.60 Å². The van der Waals surface area contributed by atoms with Gasteiger partial charge in [-0.05, 0) is 57.4 Å². The third kappa shape index (κ3) is 3.97. The summed E-state index contributed by atoms with van der Waals surface area (Å²) in [7, 11) is 0. The Balaban J connectivity index is 1.95. The predicted octanol–water partition coefficient (Wildman–Crippen LogP) is 3.10. The molecule has 1 unspecified atom stereocenters. The van der Waals surface area contributed by atoms with Gasteiger partial charge in [0.15, 0.2) is 0 Å². The first kappa shape index (κ1) is 15.3. The van der Waals surface area contributed by atoms with Crippen molar-refractivity contribution in [3.8, 4) is 0 Å². The Kier molecular flexibility index (Phi) is 5.06. The lowest BCUT2D eigenvalue weighted by Crippen LogP contribution is -2.42. The summed E-state index contributed by atoms with van der Waals surface area (Å²) >= 11 is 0. The second kappa shape index (κ2) is 6.59. The first-order chi connectivity index (χ1) is 9.52. The van der Waals surface area contributed by atoms with Crippen molar-refractivity contribution in [2.75, 3.05) is 24.5 Å². The van der Waals surface area contributed by atoms with E-state index in [1.807, 2.05) is 6.92 Å². The molecule has 0 aromatic heterocycles. The number of hydrogen-bond donors (Lipinski definition) is 2. The molecular weight excluding hydrogens is 248 g/mol. The van der Waals surface area contributed by atoms with Crippen molar-refractivity contribution in [3.05, 3.63) is 29.8 Å². The summed E-state index contributed by atoms with van der Waals surface area (Å²) in [5.74, 6) is 0. The number of piperidine rings is 1. The fraction of sp³-hybridized carbons (Fsp3) is 0.647. The van der Waals surface area contributed by atoms with E-state index in [2.05, 4.69) is 48.3 Å². The van der Waals surface area contributed by atoms with Crippen molar-refractivity contribution in [1.29, 1.82) is 0 Å². The number of benzene rings is 1. The molecule has 1 atom stereocenters. The predicted molar refractivity (Wildman–Crippen MR) is 85.2 cm³/mol. The van der Waals surface area contributed by atoms with Gasteiger partial charge in [0, 0.05) is 24.8 Å². The molecule has 1 aromatic carbocycles. The zero-order valence-corrected chi connectivity index (χ0v) is 13.0. The van der Waals surface area contributed by atoms with E-state index in [1.54, 1.807) is 0 Å². The number of nitrogens with one attached hydrogen (secondary N) is 1. The Labute approximate surface area is 123 Å². The molecule has 0 radical (unpaired) electrons. The minimum atomic E-state index is -0.477. The van der Waals surface area contributed by atoms with Gasteiger partial charge in [0.2, 0.25) is 0 Å². The molecule has 0 spiro atoms. The Bertz CT molecular complexity index is 404. The lowest BCUT2D eigenvalue weighted by Gasteiger charge is -2.37. The topological polar surface area (TPSA) is 35.5 Å². The molecule has 0 bridgehead atoms. The van der Waals surface area contributed by atoms with Gasteiger partial charge < -0.3 is 15.3 Å². The monoisotopic (exact) mass is 276 g/mol. The van der Waals surface area contributed by atoms with E-state index in [1.165, 1.54) is 11.3 Å². The van der Waals surface area contributed by atoms with Crippen LogP contribution in [-0.4, -0.2) is 30.3 Å². The molecule has 1 aliphatic heterocycles. The number of nitrogens with zero attached hydrogens (tertiary/aromatic N) is 1. The highest BCUT2D eigenvalue weighted by Gasteiger charge is 2.27. The highest BCUT2D eigenvalue weighted by Crippen LogP contribution is 2.26.